The molecule has 1 aliphatic heterocycles. The predicted octanol–water partition coefficient (Wildman–Crippen LogP) is 0.603. The van der Waals surface area contributed by atoms with Gasteiger partial charge in [0, 0.05) is 37.0 Å². The van der Waals surface area contributed by atoms with E-state index in [1.165, 1.54) is 12.1 Å². The zero-order valence-electron chi connectivity index (χ0n) is 10.0. The first kappa shape index (κ1) is 11.9. The van der Waals surface area contributed by atoms with Gasteiger partial charge in [-0.15, -0.1) is 0 Å². The Morgan fingerprint density at radius 1 is 1.53 bits per heavy atom. The highest BCUT2D eigenvalue weighted by Crippen LogP contribution is 2.19. The van der Waals surface area contributed by atoms with Crippen molar-refractivity contribution >= 4 is 5.91 Å². The van der Waals surface area contributed by atoms with Crippen LogP contribution in [0.3, 0.4) is 0 Å². The minimum atomic E-state index is -0.236. The standard InChI is InChI=1S/C12H16N2O3/c1-8-5-10(16)6-11(13-8)12-7-14(9(2)15)3-4-17-12/h5-6,12H,3-4,7H2,1-2H3,(H,13,16)/t12-/m1/s1. The molecule has 1 fully saturated rings. The van der Waals surface area contributed by atoms with E-state index in [9.17, 15) is 9.59 Å². The van der Waals surface area contributed by atoms with E-state index in [1.807, 2.05) is 6.92 Å². The molecular weight excluding hydrogens is 220 g/mol. The number of aromatic amines is 1. The van der Waals surface area contributed by atoms with Gasteiger partial charge >= 0.3 is 0 Å². The molecule has 1 amide bonds. The van der Waals surface area contributed by atoms with Crippen LogP contribution in [0, 0.1) is 6.92 Å². The first-order chi connectivity index (χ1) is 8.06. The molecule has 0 radical (unpaired) electrons. The average Bonchev–Trinajstić information content (AvgIpc) is 2.28. The molecule has 1 aromatic heterocycles. The van der Waals surface area contributed by atoms with E-state index < -0.39 is 0 Å². The number of aryl methyl sites for hydroxylation is 1. The lowest BCUT2D eigenvalue weighted by Gasteiger charge is -2.32. The largest absolute Gasteiger partial charge is 0.368 e. The Bertz CT molecular complexity index is 481. The van der Waals surface area contributed by atoms with Crippen molar-refractivity contribution in [1.82, 2.24) is 9.88 Å². The van der Waals surface area contributed by atoms with Gasteiger partial charge in [-0.05, 0) is 6.92 Å². The number of aromatic nitrogens is 1. The molecule has 17 heavy (non-hydrogen) atoms. The molecule has 5 nitrogen and oxygen atoms in total. The number of morpholine rings is 1. The topological polar surface area (TPSA) is 62.4 Å². The van der Waals surface area contributed by atoms with E-state index >= 15 is 0 Å². The number of rotatable bonds is 1. The van der Waals surface area contributed by atoms with Gasteiger partial charge in [-0.25, -0.2) is 0 Å². The minimum Gasteiger partial charge on any atom is -0.368 e. The second kappa shape index (κ2) is 4.71. The summed E-state index contributed by atoms with van der Waals surface area (Å²) in [5.41, 5.74) is 1.50. The first-order valence-corrected chi connectivity index (χ1v) is 5.64. The van der Waals surface area contributed by atoms with Crippen molar-refractivity contribution in [1.29, 1.82) is 0 Å². The van der Waals surface area contributed by atoms with E-state index in [0.717, 1.165) is 11.4 Å². The van der Waals surface area contributed by atoms with Crippen LogP contribution in [0.25, 0.3) is 0 Å². The van der Waals surface area contributed by atoms with Crippen LogP contribution >= 0.6 is 0 Å². The van der Waals surface area contributed by atoms with Crippen LogP contribution in [0.5, 0.6) is 0 Å². The third-order valence-corrected chi connectivity index (χ3v) is 2.86. The van der Waals surface area contributed by atoms with Crippen LogP contribution in [0.4, 0.5) is 0 Å². The van der Waals surface area contributed by atoms with Crippen LogP contribution in [0.2, 0.25) is 0 Å². The van der Waals surface area contributed by atoms with E-state index in [4.69, 9.17) is 4.74 Å². The molecule has 0 bridgehead atoms. The van der Waals surface area contributed by atoms with Crippen molar-refractivity contribution in [2.45, 2.75) is 20.0 Å². The Morgan fingerprint density at radius 2 is 2.29 bits per heavy atom. The van der Waals surface area contributed by atoms with Crippen molar-refractivity contribution in [2.24, 2.45) is 0 Å². The van der Waals surface area contributed by atoms with Crippen molar-refractivity contribution in [3.8, 4) is 0 Å². The third kappa shape index (κ3) is 2.74. The number of hydrogen-bond donors (Lipinski definition) is 1. The monoisotopic (exact) mass is 236 g/mol. The number of pyridine rings is 1. The summed E-state index contributed by atoms with van der Waals surface area (Å²) in [4.78, 5) is 27.6. The highest BCUT2D eigenvalue weighted by Gasteiger charge is 2.24. The van der Waals surface area contributed by atoms with Crippen molar-refractivity contribution in [3.05, 3.63) is 33.7 Å². The number of nitrogens with zero attached hydrogens (tertiary/aromatic N) is 1. The van der Waals surface area contributed by atoms with Crippen molar-refractivity contribution in [3.63, 3.8) is 0 Å². The van der Waals surface area contributed by atoms with Crippen LogP contribution in [0.15, 0.2) is 16.9 Å². The van der Waals surface area contributed by atoms with Gasteiger partial charge in [-0.1, -0.05) is 0 Å². The van der Waals surface area contributed by atoms with E-state index in [0.29, 0.717) is 19.7 Å². The van der Waals surface area contributed by atoms with Gasteiger partial charge in [0.1, 0.15) is 6.10 Å². The minimum absolute atomic E-state index is 0.0355. The molecule has 1 N–H and O–H groups in total. The normalized spacial score (nSPS) is 20.4. The molecule has 0 spiro atoms. The number of amides is 1. The summed E-state index contributed by atoms with van der Waals surface area (Å²) in [7, 11) is 0. The number of ether oxygens (including phenoxy) is 1. The van der Waals surface area contributed by atoms with E-state index in [-0.39, 0.29) is 17.4 Å². The lowest BCUT2D eigenvalue weighted by Crippen LogP contribution is -2.41. The molecule has 92 valence electrons. The summed E-state index contributed by atoms with van der Waals surface area (Å²) in [6.45, 7) is 4.98. The van der Waals surface area contributed by atoms with Gasteiger partial charge in [-0.3, -0.25) is 9.59 Å². The Hall–Kier alpha value is -1.62. The predicted molar refractivity (Wildman–Crippen MR) is 62.7 cm³/mol. The van der Waals surface area contributed by atoms with Gasteiger partial charge in [-0.2, -0.15) is 0 Å². The van der Waals surface area contributed by atoms with Gasteiger partial charge in [0.15, 0.2) is 5.43 Å². The molecule has 1 atom stereocenters. The summed E-state index contributed by atoms with van der Waals surface area (Å²) >= 11 is 0. The third-order valence-electron chi connectivity index (χ3n) is 2.86. The fraction of sp³-hybridized carbons (Fsp3) is 0.500. The molecule has 5 heteroatoms. The van der Waals surface area contributed by atoms with Crippen LogP contribution in [-0.2, 0) is 9.53 Å². The molecule has 0 saturated carbocycles. The quantitative estimate of drug-likeness (QED) is 0.776. The molecule has 1 saturated heterocycles. The summed E-state index contributed by atoms with van der Waals surface area (Å²) in [6.07, 6.45) is -0.236. The molecule has 1 aromatic rings. The molecule has 2 heterocycles. The van der Waals surface area contributed by atoms with Gasteiger partial charge < -0.3 is 14.6 Å². The van der Waals surface area contributed by atoms with Gasteiger partial charge in [0.2, 0.25) is 5.91 Å². The highest BCUT2D eigenvalue weighted by atomic mass is 16.5. The van der Waals surface area contributed by atoms with Crippen LogP contribution in [-0.4, -0.2) is 35.5 Å². The number of H-pyrrole nitrogens is 1. The lowest BCUT2D eigenvalue weighted by atomic mass is 10.1. The zero-order valence-corrected chi connectivity index (χ0v) is 10.0. The number of carbonyl (C=O) groups is 1. The highest BCUT2D eigenvalue weighted by molar-refractivity contribution is 5.73. The maximum atomic E-state index is 11.4. The maximum absolute atomic E-state index is 11.4. The second-order valence-corrected chi connectivity index (χ2v) is 4.28. The van der Waals surface area contributed by atoms with Crippen LogP contribution < -0.4 is 5.43 Å². The number of carbonyl (C=O) groups excluding carboxylic acids is 1. The van der Waals surface area contributed by atoms with E-state index in [1.54, 1.807) is 11.8 Å². The van der Waals surface area contributed by atoms with E-state index in [2.05, 4.69) is 4.98 Å². The van der Waals surface area contributed by atoms with Crippen molar-refractivity contribution in [2.75, 3.05) is 19.7 Å². The number of hydrogen-bond acceptors (Lipinski definition) is 3. The molecule has 0 aliphatic carbocycles. The molecule has 1 aliphatic rings. The first-order valence-electron chi connectivity index (χ1n) is 5.64. The fourth-order valence-electron chi connectivity index (χ4n) is 2.01. The molecule has 0 aromatic carbocycles. The maximum Gasteiger partial charge on any atom is 0.219 e. The SMILES string of the molecule is CC(=O)N1CCO[C@@H](c2cc(=O)cc(C)[nH]2)C1. The molecule has 2 rings (SSSR count). The summed E-state index contributed by atoms with van der Waals surface area (Å²) in [5.74, 6) is 0.0355. The van der Waals surface area contributed by atoms with Crippen molar-refractivity contribution < 1.29 is 9.53 Å². The molecule has 0 unspecified atom stereocenters. The smallest absolute Gasteiger partial charge is 0.219 e. The zero-order chi connectivity index (χ0) is 12.4. The number of nitrogens with one attached hydrogen (secondary N) is 1. The summed E-state index contributed by atoms with van der Waals surface area (Å²) in [6, 6.07) is 3.07. The van der Waals surface area contributed by atoms with Gasteiger partial charge in [0.05, 0.1) is 13.2 Å². The average molecular weight is 236 g/mol. The summed E-state index contributed by atoms with van der Waals surface area (Å²) in [5, 5.41) is 0. The van der Waals surface area contributed by atoms with Gasteiger partial charge in [0.25, 0.3) is 0 Å². The Morgan fingerprint density at radius 3 is 2.94 bits per heavy atom. The van der Waals surface area contributed by atoms with Crippen LogP contribution in [0.1, 0.15) is 24.4 Å². The Labute approximate surface area is 99.4 Å². The Balaban J connectivity index is 2.21. The Kier molecular flexibility index (Phi) is 3.28. The molecular formula is C12H16N2O3. The second-order valence-electron chi connectivity index (χ2n) is 4.28. The fourth-order valence-corrected chi connectivity index (χ4v) is 2.01. The lowest BCUT2D eigenvalue weighted by molar-refractivity contribution is -0.136. The summed E-state index contributed by atoms with van der Waals surface area (Å²) < 4.78 is 5.59.